The lowest BCUT2D eigenvalue weighted by atomic mass is 9.80. The van der Waals surface area contributed by atoms with Gasteiger partial charge in [0.15, 0.2) is 0 Å². The predicted molar refractivity (Wildman–Crippen MR) is 51.6 cm³/mol. The normalized spacial score (nSPS) is 30.3. The van der Waals surface area contributed by atoms with Crippen LogP contribution in [0, 0.1) is 5.92 Å². The maximum atomic E-state index is 11.6. The molecule has 15 heavy (non-hydrogen) atoms. The van der Waals surface area contributed by atoms with Crippen molar-refractivity contribution in [3.63, 3.8) is 0 Å². The maximum absolute atomic E-state index is 11.6. The molecule has 2 atom stereocenters. The molecule has 0 radical (unpaired) electrons. The Balaban J connectivity index is 2.33. The monoisotopic (exact) mass is 208 g/mol. The Morgan fingerprint density at radius 1 is 1.47 bits per heavy atom. The van der Waals surface area contributed by atoms with Crippen molar-refractivity contribution < 1.29 is 14.4 Å². The molecule has 1 aliphatic carbocycles. The first kappa shape index (κ1) is 9.89. The van der Waals surface area contributed by atoms with Crippen LogP contribution in [0.4, 0.5) is 0 Å². The lowest BCUT2D eigenvalue weighted by Gasteiger charge is -2.32. The summed E-state index contributed by atoms with van der Waals surface area (Å²) in [6, 6.07) is -0.151. The van der Waals surface area contributed by atoms with Crippen LogP contribution in [0.5, 0.6) is 0 Å². The van der Waals surface area contributed by atoms with Gasteiger partial charge in [0, 0.05) is 12.5 Å². The van der Waals surface area contributed by atoms with E-state index in [0.29, 0.717) is 6.42 Å². The SMILES string of the molecule is NC(=O)C1=CC2C(=O)CCCC2NC1=O. The first-order valence-electron chi connectivity index (χ1n) is 4.95. The third-order valence-electron chi connectivity index (χ3n) is 2.92. The molecule has 80 valence electrons. The van der Waals surface area contributed by atoms with E-state index in [9.17, 15) is 14.4 Å². The molecule has 1 heterocycles. The van der Waals surface area contributed by atoms with Gasteiger partial charge in [0.25, 0.3) is 11.8 Å². The summed E-state index contributed by atoms with van der Waals surface area (Å²) in [6.07, 6.45) is 3.51. The summed E-state index contributed by atoms with van der Waals surface area (Å²) in [5.74, 6) is -1.52. The first-order chi connectivity index (χ1) is 7.09. The van der Waals surface area contributed by atoms with Gasteiger partial charge in [-0.25, -0.2) is 0 Å². The number of nitrogens with one attached hydrogen (secondary N) is 1. The van der Waals surface area contributed by atoms with E-state index in [1.807, 2.05) is 0 Å². The highest BCUT2D eigenvalue weighted by Gasteiger charge is 2.37. The number of hydrogen-bond acceptors (Lipinski definition) is 3. The van der Waals surface area contributed by atoms with Crippen LogP contribution in [0.2, 0.25) is 0 Å². The van der Waals surface area contributed by atoms with Crippen molar-refractivity contribution in [2.75, 3.05) is 0 Å². The number of Topliss-reactive ketones (excluding diaryl/α,β-unsaturated/α-hetero) is 1. The number of amides is 2. The molecule has 2 rings (SSSR count). The maximum Gasteiger partial charge on any atom is 0.256 e. The third kappa shape index (κ3) is 1.65. The Bertz CT molecular complexity index is 373. The number of nitrogens with two attached hydrogens (primary N) is 1. The van der Waals surface area contributed by atoms with Crippen LogP contribution >= 0.6 is 0 Å². The van der Waals surface area contributed by atoms with Gasteiger partial charge in [-0.2, -0.15) is 0 Å². The van der Waals surface area contributed by atoms with Crippen LogP contribution in [0.25, 0.3) is 0 Å². The van der Waals surface area contributed by atoms with Crippen LogP contribution in [-0.2, 0) is 14.4 Å². The van der Waals surface area contributed by atoms with Gasteiger partial charge in [0.05, 0.1) is 5.92 Å². The quantitative estimate of drug-likeness (QED) is 0.556. The molecule has 5 heteroatoms. The number of hydrogen-bond donors (Lipinski definition) is 2. The summed E-state index contributed by atoms with van der Waals surface area (Å²) in [4.78, 5) is 33.9. The summed E-state index contributed by atoms with van der Waals surface area (Å²) < 4.78 is 0. The number of carbonyl (C=O) groups excluding carboxylic acids is 3. The van der Waals surface area contributed by atoms with Gasteiger partial charge in [-0.1, -0.05) is 6.08 Å². The summed E-state index contributed by atoms with van der Waals surface area (Å²) in [5, 5.41) is 2.65. The molecular weight excluding hydrogens is 196 g/mol. The Labute approximate surface area is 86.7 Å². The Morgan fingerprint density at radius 3 is 2.87 bits per heavy atom. The molecule has 0 saturated heterocycles. The fourth-order valence-electron chi connectivity index (χ4n) is 2.13. The second-order valence-electron chi connectivity index (χ2n) is 3.91. The summed E-state index contributed by atoms with van der Waals surface area (Å²) >= 11 is 0. The van der Waals surface area contributed by atoms with Crippen molar-refractivity contribution in [2.24, 2.45) is 11.7 Å². The smallest absolute Gasteiger partial charge is 0.256 e. The minimum Gasteiger partial charge on any atom is -0.365 e. The average Bonchev–Trinajstić information content (AvgIpc) is 2.16. The molecule has 2 aliphatic rings. The predicted octanol–water partition coefficient (Wildman–Crippen LogP) is -0.734. The third-order valence-corrected chi connectivity index (χ3v) is 2.92. The van der Waals surface area contributed by atoms with Crippen molar-refractivity contribution in [3.05, 3.63) is 11.6 Å². The Hall–Kier alpha value is -1.65. The molecular formula is C10H12N2O3. The molecule has 5 nitrogen and oxygen atoms in total. The number of carbonyl (C=O) groups is 3. The van der Waals surface area contributed by atoms with E-state index < -0.39 is 11.8 Å². The molecule has 1 aliphatic heterocycles. The van der Waals surface area contributed by atoms with Crippen LogP contribution < -0.4 is 11.1 Å². The highest BCUT2D eigenvalue weighted by atomic mass is 16.2. The molecule has 0 aromatic rings. The van der Waals surface area contributed by atoms with E-state index in [0.717, 1.165) is 12.8 Å². The number of primary amides is 1. The van der Waals surface area contributed by atoms with Gasteiger partial charge in [-0.3, -0.25) is 14.4 Å². The van der Waals surface area contributed by atoms with Gasteiger partial charge in [-0.15, -0.1) is 0 Å². The average molecular weight is 208 g/mol. The lowest BCUT2D eigenvalue weighted by Crippen LogP contribution is -2.50. The van der Waals surface area contributed by atoms with Gasteiger partial charge in [0.1, 0.15) is 11.4 Å². The molecule has 3 N–H and O–H groups in total. The zero-order valence-electron chi connectivity index (χ0n) is 8.16. The van der Waals surface area contributed by atoms with E-state index in [-0.39, 0.29) is 23.3 Å². The molecule has 0 spiro atoms. The lowest BCUT2D eigenvalue weighted by molar-refractivity contribution is -0.127. The molecule has 0 aromatic carbocycles. The van der Waals surface area contributed by atoms with E-state index in [1.54, 1.807) is 0 Å². The fourth-order valence-corrected chi connectivity index (χ4v) is 2.13. The van der Waals surface area contributed by atoms with Gasteiger partial charge < -0.3 is 11.1 Å². The van der Waals surface area contributed by atoms with Crippen molar-refractivity contribution in [1.82, 2.24) is 5.32 Å². The molecule has 0 bridgehead atoms. The fraction of sp³-hybridized carbons (Fsp3) is 0.500. The van der Waals surface area contributed by atoms with Crippen molar-refractivity contribution in [3.8, 4) is 0 Å². The Kier molecular flexibility index (Phi) is 2.30. The minimum atomic E-state index is -0.774. The first-order valence-corrected chi connectivity index (χ1v) is 4.95. The zero-order chi connectivity index (χ0) is 11.0. The van der Waals surface area contributed by atoms with Gasteiger partial charge in [0.2, 0.25) is 0 Å². The highest BCUT2D eigenvalue weighted by molar-refractivity contribution is 6.19. The Morgan fingerprint density at radius 2 is 2.20 bits per heavy atom. The molecule has 1 fully saturated rings. The second-order valence-corrected chi connectivity index (χ2v) is 3.91. The summed E-state index contributed by atoms with van der Waals surface area (Å²) in [6.45, 7) is 0. The van der Waals surface area contributed by atoms with Gasteiger partial charge >= 0.3 is 0 Å². The van der Waals surface area contributed by atoms with Crippen LogP contribution in [0.15, 0.2) is 11.6 Å². The van der Waals surface area contributed by atoms with E-state index in [1.165, 1.54) is 6.08 Å². The van der Waals surface area contributed by atoms with Crippen LogP contribution in [0.1, 0.15) is 19.3 Å². The number of ketones is 1. The minimum absolute atomic E-state index is 0.0741. The zero-order valence-corrected chi connectivity index (χ0v) is 8.16. The topological polar surface area (TPSA) is 89.3 Å². The second kappa shape index (κ2) is 3.49. The van der Waals surface area contributed by atoms with Crippen LogP contribution in [-0.4, -0.2) is 23.6 Å². The molecule has 1 saturated carbocycles. The number of rotatable bonds is 1. The summed E-state index contributed by atoms with van der Waals surface area (Å²) in [5.41, 5.74) is 4.95. The number of fused-ring (bicyclic) bond motifs is 1. The van der Waals surface area contributed by atoms with E-state index in [2.05, 4.69) is 5.32 Å². The van der Waals surface area contributed by atoms with Crippen molar-refractivity contribution >= 4 is 17.6 Å². The van der Waals surface area contributed by atoms with Crippen molar-refractivity contribution in [2.45, 2.75) is 25.3 Å². The summed E-state index contributed by atoms with van der Waals surface area (Å²) in [7, 11) is 0. The van der Waals surface area contributed by atoms with Crippen molar-refractivity contribution in [1.29, 1.82) is 0 Å². The standard InChI is InChI=1S/C10H12N2O3/c11-9(14)6-4-5-7(12-10(6)15)2-1-3-8(5)13/h4-5,7H,1-3H2,(H2,11,14)(H,12,15). The van der Waals surface area contributed by atoms with Crippen LogP contribution in [0.3, 0.4) is 0 Å². The molecule has 2 unspecified atom stereocenters. The highest BCUT2D eigenvalue weighted by Crippen LogP contribution is 2.26. The molecule has 0 aromatic heterocycles. The molecule has 2 amide bonds. The van der Waals surface area contributed by atoms with E-state index in [4.69, 9.17) is 5.73 Å². The van der Waals surface area contributed by atoms with E-state index >= 15 is 0 Å². The van der Waals surface area contributed by atoms with Gasteiger partial charge in [-0.05, 0) is 12.8 Å². The largest absolute Gasteiger partial charge is 0.365 e.